The van der Waals surface area contributed by atoms with Gasteiger partial charge in [0.05, 0.1) is 18.0 Å². The van der Waals surface area contributed by atoms with Crippen LogP contribution in [0.3, 0.4) is 0 Å². The molecule has 7 heteroatoms. The van der Waals surface area contributed by atoms with E-state index in [1.165, 1.54) is 11.8 Å². The third kappa shape index (κ3) is 4.00. The molecule has 0 saturated carbocycles. The molecule has 21 heavy (non-hydrogen) atoms. The van der Waals surface area contributed by atoms with Crippen molar-refractivity contribution in [2.75, 3.05) is 18.9 Å². The van der Waals surface area contributed by atoms with Crippen molar-refractivity contribution < 1.29 is 9.90 Å². The molecule has 1 amide bonds. The molecular weight excluding hydrogens is 310 g/mol. The van der Waals surface area contributed by atoms with Crippen LogP contribution in [0.2, 0.25) is 5.02 Å². The molecule has 1 heterocycles. The van der Waals surface area contributed by atoms with Crippen LogP contribution in [0.5, 0.6) is 0 Å². The lowest BCUT2D eigenvalue weighted by atomic mass is 10.2. The molecule has 0 aliphatic carbocycles. The first-order valence-corrected chi connectivity index (χ1v) is 7.79. The van der Waals surface area contributed by atoms with Gasteiger partial charge < -0.3 is 10.4 Å². The van der Waals surface area contributed by atoms with E-state index in [1.807, 2.05) is 35.9 Å². The predicted molar refractivity (Wildman–Crippen MR) is 84.1 cm³/mol. The van der Waals surface area contributed by atoms with Gasteiger partial charge in [-0.15, -0.1) is 0 Å². The van der Waals surface area contributed by atoms with Crippen molar-refractivity contribution in [3.63, 3.8) is 0 Å². The summed E-state index contributed by atoms with van der Waals surface area (Å²) in [6.45, 7) is 2.15. The van der Waals surface area contributed by atoms with Crippen molar-refractivity contribution in [2.24, 2.45) is 0 Å². The van der Waals surface area contributed by atoms with Crippen molar-refractivity contribution in [3.8, 4) is 5.69 Å². The molecule has 0 atom stereocenters. The Morgan fingerprint density at radius 1 is 1.52 bits per heavy atom. The zero-order chi connectivity index (χ0) is 15.2. The first-order chi connectivity index (χ1) is 10.1. The molecule has 0 saturated heterocycles. The van der Waals surface area contributed by atoms with Crippen molar-refractivity contribution >= 4 is 29.3 Å². The lowest BCUT2D eigenvalue weighted by Gasteiger charge is -2.11. The van der Waals surface area contributed by atoms with Crippen LogP contribution in [-0.4, -0.2) is 39.5 Å². The SMILES string of the molecule is Cc1c(Cl)cccc1-n1ccnc1SCC(=O)NCCO. The van der Waals surface area contributed by atoms with Gasteiger partial charge in [0.25, 0.3) is 0 Å². The molecule has 2 N–H and O–H groups in total. The van der Waals surface area contributed by atoms with E-state index in [0.29, 0.717) is 5.02 Å². The maximum atomic E-state index is 11.6. The zero-order valence-corrected chi connectivity index (χ0v) is 13.1. The molecule has 0 spiro atoms. The van der Waals surface area contributed by atoms with Gasteiger partial charge in [-0.2, -0.15) is 0 Å². The van der Waals surface area contributed by atoms with Crippen LogP contribution in [0.4, 0.5) is 0 Å². The van der Waals surface area contributed by atoms with E-state index in [1.54, 1.807) is 6.20 Å². The third-order valence-corrected chi connectivity index (χ3v) is 4.25. The van der Waals surface area contributed by atoms with Gasteiger partial charge >= 0.3 is 0 Å². The summed E-state index contributed by atoms with van der Waals surface area (Å²) in [5.74, 6) is 0.114. The van der Waals surface area contributed by atoms with Crippen LogP contribution in [0.15, 0.2) is 35.7 Å². The number of nitrogens with zero attached hydrogens (tertiary/aromatic N) is 2. The Balaban J connectivity index is 2.12. The van der Waals surface area contributed by atoms with Crippen LogP contribution in [-0.2, 0) is 4.79 Å². The third-order valence-electron chi connectivity index (χ3n) is 2.87. The van der Waals surface area contributed by atoms with Gasteiger partial charge in [0, 0.05) is 24.0 Å². The lowest BCUT2D eigenvalue weighted by Crippen LogP contribution is -2.28. The zero-order valence-electron chi connectivity index (χ0n) is 11.5. The van der Waals surface area contributed by atoms with E-state index in [2.05, 4.69) is 10.3 Å². The number of aliphatic hydroxyl groups is 1. The van der Waals surface area contributed by atoms with Gasteiger partial charge in [-0.05, 0) is 24.6 Å². The van der Waals surface area contributed by atoms with Gasteiger partial charge in [-0.25, -0.2) is 4.98 Å². The van der Waals surface area contributed by atoms with Crippen LogP contribution >= 0.6 is 23.4 Å². The molecule has 0 bridgehead atoms. The topological polar surface area (TPSA) is 67.2 Å². The molecule has 112 valence electrons. The normalized spacial score (nSPS) is 10.6. The van der Waals surface area contributed by atoms with Crippen molar-refractivity contribution in [1.29, 1.82) is 0 Å². The number of rotatable bonds is 6. The highest BCUT2D eigenvalue weighted by molar-refractivity contribution is 7.99. The number of carbonyl (C=O) groups excluding carboxylic acids is 1. The average Bonchev–Trinajstić information content (AvgIpc) is 2.94. The highest BCUT2D eigenvalue weighted by Crippen LogP contribution is 2.26. The Kier molecular flexibility index (Phi) is 5.67. The Labute approximate surface area is 132 Å². The molecule has 1 aromatic heterocycles. The summed E-state index contributed by atoms with van der Waals surface area (Å²) in [4.78, 5) is 15.8. The molecule has 2 aromatic rings. The number of thioether (sulfide) groups is 1. The standard InChI is InChI=1S/C14H16ClN3O2S/c1-10-11(15)3-2-4-12(10)18-7-5-17-14(18)21-9-13(20)16-6-8-19/h2-5,7,19H,6,8-9H2,1H3,(H,16,20). The Hall–Kier alpha value is -1.50. The molecule has 1 aromatic carbocycles. The first kappa shape index (κ1) is 15.9. The second-order valence-corrected chi connectivity index (χ2v) is 5.68. The quantitative estimate of drug-likeness (QED) is 0.798. The summed E-state index contributed by atoms with van der Waals surface area (Å²) < 4.78 is 1.91. The van der Waals surface area contributed by atoms with E-state index < -0.39 is 0 Å². The van der Waals surface area contributed by atoms with E-state index in [0.717, 1.165) is 16.4 Å². The lowest BCUT2D eigenvalue weighted by molar-refractivity contribution is -0.118. The summed E-state index contributed by atoms with van der Waals surface area (Å²) >= 11 is 7.48. The Morgan fingerprint density at radius 3 is 3.10 bits per heavy atom. The molecule has 0 unspecified atom stereocenters. The van der Waals surface area contributed by atoms with Crippen molar-refractivity contribution in [2.45, 2.75) is 12.1 Å². The number of halogens is 1. The second kappa shape index (κ2) is 7.49. The molecular formula is C14H16ClN3O2S. The van der Waals surface area contributed by atoms with E-state index >= 15 is 0 Å². The monoisotopic (exact) mass is 325 g/mol. The smallest absolute Gasteiger partial charge is 0.230 e. The largest absolute Gasteiger partial charge is 0.395 e. The molecule has 0 radical (unpaired) electrons. The number of benzene rings is 1. The van der Waals surface area contributed by atoms with Crippen LogP contribution in [0.1, 0.15) is 5.56 Å². The molecule has 0 fully saturated rings. The number of hydrogen-bond acceptors (Lipinski definition) is 4. The summed E-state index contributed by atoms with van der Waals surface area (Å²) in [5.41, 5.74) is 1.90. The van der Waals surface area contributed by atoms with Crippen LogP contribution < -0.4 is 5.32 Å². The Morgan fingerprint density at radius 2 is 2.33 bits per heavy atom. The number of imidazole rings is 1. The minimum Gasteiger partial charge on any atom is -0.395 e. The predicted octanol–water partition coefficient (Wildman–Crippen LogP) is 2.03. The number of aliphatic hydroxyl groups excluding tert-OH is 1. The number of hydrogen-bond donors (Lipinski definition) is 2. The van der Waals surface area contributed by atoms with Gasteiger partial charge in [0.2, 0.25) is 5.91 Å². The molecule has 2 rings (SSSR count). The fourth-order valence-electron chi connectivity index (χ4n) is 1.81. The first-order valence-electron chi connectivity index (χ1n) is 6.42. The number of amides is 1. The summed E-state index contributed by atoms with van der Waals surface area (Å²) in [7, 11) is 0. The van der Waals surface area contributed by atoms with Gasteiger partial charge in [-0.3, -0.25) is 9.36 Å². The van der Waals surface area contributed by atoms with Gasteiger partial charge in [0.15, 0.2) is 5.16 Å². The summed E-state index contributed by atoms with van der Waals surface area (Å²) in [5, 5.41) is 12.7. The minimum absolute atomic E-state index is 0.0628. The van der Waals surface area contributed by atoms with Gasteiger partial charge in [0.1, 0.15) is 0 Å². The molecule has 0 aliphatic heterocycles. The van der Waals surface area contributed by atoms with Crippen molar-refractivity contribution in [1.82, 2.24) is 14.9 Å². The maximum Gasteiger partial charge on any atom is 0.230 e. The summed E-state index contributed by atoms with van der Waals surface area (Å²) in [6, 6.07) is 5.68. The Bertz CT molecular complexity index is 630. The van der Waals surface area contributed by atoms with Crippen LogP contribution in [0, 0.1) is 6.92 Å². The summed E-state index contributed by atoms with van der Waals surface area (Å²) in [6.07, 6.45) is 3.53. The minimum atomic E-state index is -0.133. The van der Waals surface area contributed by atoms with E-state index in [4.69, 9.17) is 16.7 Å². The van der Waals surface area contributed by atoms with E-state index in [-0.39, 0.29) is 24.8 Å². The molecule has 0 aliphatic rings. The fraction of sp³-hybridized carbons (Fsp3) is 0.286. The second-order valence-electron chi connectivity index (χ2n) is 4.33. The fourth-order valence-corrected chi connectivity index (χ4v) is 2.78. The van der Waals surface area contributed by atoms with Crippen LogP contribution in [0.25, 0.3) is 5.69 Å². The number of aromatic nitrogens is 2. The maximum absolute atomic E-state index is 11.6. The number of carbonyl (C=O) groups is 1. The van der Waals surface area contributed by atoms with Crippen molar-refractivity contribution in [3.05, 3.63) is 41.2 Å². The van der Waals surface area contributed by atoms with E-state index in [9.17, 15) is 4.79 Å². The average molecular weight is 326 g/mol. The highest BCUT2D eigenvalue weighted by atomic mass is 35.5. The highest BCUT2D eigenvalue weighted by Gasteiger charge is 2.11. The van der Waals surface area contributed by atoms with Gasteiger partial charge in [-0.1, -0.05) is 29.4 Å². The molecule has 5 nitrogen and oxygen atoms in total. The number of nitrogens with one attached hydrogen (secondary N) is 1.